The van der Waals surface area contributed by atoms with Crippen molar-refractivity contribution in [3.63, 3.8) is 0 Å². The highest BCUT2D eigenvalue weighted by Gasteiger charge is 2.31. The van der Waals surface area contributed by atoms with E-state index in [0.717, 1.165) is 25.2 Å². The van der Waals surface area contributed by atoms with Crippen molar-refractivity contribution in [3.8, 4) is 0 Å². The molecule has 2 atom stereocenters. The highest BCUT2D eigenvalue weighted by atomic mass is 16.6. The standard InChI is InChI=1S/C20H36O5/c1-16(2)9-6-4-3-5-7-12-24-13-14-25-20(23)18-11-8-10-17(15-18)19(21)22/h16-18H,3-15H2,1-2H3,(H,21,22). The second kappa shape index (κ2) is 13.2. The Morgan fingerprint density at radius 3 is 2.36 bits per heavy atom. The molecule has 0 amide bonds. The summed E-state index contributed by atoms with van der Waals surface area (Å²) in [6, 6.07) is 0. The normalized spacial score (nSPS) is 20.6. The van der Waals surface area contributed by atoms with Crippen molar-refractivity contribution >= 4 is 11.9 Å². The first kappa shape index (κ1) is 21.9. The van der Waals surface area contributed by atoms with Crippen LogP contribution in [0, 0.1) is 17.8 Å². The summed E-state index contributed by atoms with van der Waals surface area (Å²) in [5, 5.41) is 9.05. The van der Waals surface area contributed by atoms with Crippen molar-refractivity contribution in [1.29, 1.82) is 0 Å². The lowest BCUT2D eigenvalue weighted by Crippen LogP contribution is -2.29. The van der Waals surface area contributed by atoms with E-state index in [-0.39, 0.29) is 18.5 Å². The van der Waals surface area contributed by atoms with E-state index in [0.29, 0.717) is 26.1 Å². The van der Waals surface area contributed by atoms with E-state index in [2.05, 4.69) is 13.8 Å². The summed E-state index contributed by atoms with van der Waals surface area (Å²) in [6.45, 7) is 5.93. The van der Waals surface area contributed by atoms with Gasteiger partial charge in [-0.05, 0) is 31.6 Å². The van der Waals surface area contributed by atoms with Gasteiger partial charge in [0.25, 0.3) is 0 Å². The van der Waals surface area contributed by atoms with Gasteiger partial charge in [-0.15, -0.1) is 0 Å². The first-order valence-electron chi connectivity index (χ1n) is 9.98. The third-order valence-corrected chi connectivity index (χ3v) is 4.90. The van der Waals surface area contributed by atoms with Crippen molar-refractivity contribution in [1.82, 2.24) is 0 Å². The minimum Gasteiger partial charge on any atom is -0.481 e. The Bertz CT molecular complexity index is 380. The molecule has 5 heteroatoms. The molecule has 1 rings (SSSR count). The number of rotatable bonds is 13. The number of aliphatic carboxylic acids is 1. The van der Waals surface area contributed by atoms with Crippen LogP contribution in [0.4, 0.5) is 0 Å². The van der Waals surface area contributed by atoms with Crippen molar-refractivity contribution < 1.29 is 24.2 Å². The Labute approximate surface area is 152 Å². The zero-order valence-corrected chi connectivity index (χ0v) is 16.0. The number of ether oxygens (including phenoxy) is 2. The molecule has 0 bridgehead atoms. The van der Waals surface area contributed by atoms with Crippen LogP contribution < -0.4 is 0 Å². The number of unbranched alkanes of at least 4 members (excludes halogenated alkanes) is 4. The van der Waals surface area contributed by atoms with E-state index in [4.69, 9.17) is 14.6 Å². The zero-order valence-electron chi connectivity index (χ0n) is 16.0. The Hall–Kier alpha value is -1.10. The average molecular weight is 357 g/mol. The third-order valence-electron chi connectivity index (χ3n) is 4.90. The SMILES string of the molecule is CC(C)CCCCCCCOCCOC(=O)C1CCCC(C(=O)O)C1. The van der Waals surface area contributed by atoms with Crippen molar-refractivity contribution in [3.05, 3.63) is 0 Å². The van der Waals surface area contributed by atoms with Crippen molar-refractivity contribution in [2.24, 2.45) is 17.8 Å². The van der Waals surface area contributed by atoms with Crippen LogP contribution in [-0.2, 0) is 19.1 Å². The number of hydrogen-bond acceptors (Lipinski definition) is 4. The Kier molecular flexibility index (Phi) is 11.5. The molecule has 1 aliphatic carbocycles. The first-order valence-corrected chi connectivity index (χ1v) is 9.98. The molecule has 0 aromatic rings. The van der Waals surface area contributed by atoms with Gasteiger partial charge in [-0.25, -0.2) is 0 Å². The van der Waals surface area contributed by atoms with Crippen LogP contribution in [-0.4, -0.2) is 36.9 Å². The quantitative estimate of drug-likeness (QED) is 0.390. The van der Waals surface area contributed by atoms with Gasteiger partial charge in [-0.3, -0.25) is 9.59 Å². The fraction of sp³-hybridized carbons (Fsp3) is 0.900. The Morgan fingerprint density at radius 2 is 1.64 bits per heavy atom. The van der Waals surface area contributed by atoms with E-state index >= 15 is 0 Å². The molecule has 2 unspecified atom stereocenters. The van der Waals surface area contributed by atoms with Crippen LogP contribution in [0.25, 0.3) is 0 Å². The molecule has 1 N–H and O–H groups in total. The molecule has 0 aliphatic heterocycles. The second-order valence-electron chi connectivity index (χ2n) is 7.63. The van der Waals surface area contributed by atoms with Gasteiger partial charge >= 0.3 is 11.9 Å². The van der Waals surface area contributed by atoms with Crippen molar-refractivity contribution in [2.75, 3.05) is 19.8 Å². The van der Waals surface area contributed by atoms with Crippen LogP contribution in [0.5, 0.6) is 0 Å². The molecule has 0 aromatic heterocycles. The van der Waals surface area contributed by atoms with Gasteiger partial charge in [-0.1, -0.05) is 52.4 Å². The maximum atomic E-state index is 12.0. The van der Waals surface area contributed by atoms with E-state index in [1.165, 1.54) is 32.1 Å². The van der Waals surface area contributed by atoms with Gasteiger partial charge in [0.2, 0.25) is 0 Å². The maximum absolute atomic E-state index is 12.0. The van der Waals surface area contributed by atoms with Gasteiger partial charge in [0.05, 0.1) is 18.4 Å². The highest BCUT2D eigenvalue weighted by Crippen LogP contribution is 2.30. The van der Waals surface area contributed by atoms with Crippen molar-refractivity contribution in [2.45, 2.75) is 78.1 Å². The van der Waals surface area contributed by atoms with Gasteiger partial charge < -0.3 is 14.6 Å². The largest absolute Gasteiger partial charge is 0.481 e. The summed E-state index contributed by atoms with van der Waals surface area (Å²) in [6.07, 6.45) is 10.0. The predicted molar refractivity (Wildman–Crippen MR) is 97.4 cm³/mol. The average Bonchev–Trinajstić information content (AvgIpc) is 2.59. The Balaban J connectivity index is 1.94. The van der Waals surface area contributed by atoms with E-state index in [1.54, 1.807) is 0 Å². The number of hydrogen-bond donors (Lipinski definition) is 1. The molecule has 0 aromatic carbocycles. The lowest BCUT2D eigenvalue weighted by Gasteiger charge is -2.24. The molecular formula is C20H36O5. The summed E-state index contributed by atoms with van der Waals surface area (Å²) in [4.78, 5) is 23.0. The molecule has 0 heterocycles. The van der Waals surface area contributed by atoms with Gasteiger partial charge in [0.1, 0.15) is 6.61 Å². The predicted octanol–water partition coefficient (Wildman–Crippen LogP) is 4.43. The van der Waals surface area contributed by atoms with Gasteiger partial charge in [0, 0.05) is 6.61 Å². The molecule has 1 aliphatic rings. The summed E-state index contributed by atoms with van der Waals surface area (Å²) in [5.74, 6) is -0.928. The van der Waals surface area contributed by atoms with Crippen LogP contribution >= 0.6 is 0 Å². The number of carboxylic acids is 1. The highest BCUT2D eigenvalue weighted by molar-refractivity contribution is 5.75. The Morgan fingerprint density at radius 1 is 0.960 bits per heavy atom. The minimum absolute atomic E-state index is 0.263. The molecule has 0 spiro atoms. The second-order valence-corrected chi connectivity index (χ2v) is 7.63. The minimum atomic E-state index is -0.801. The molecule has 0 radical (unpaired) electrons. The molecule has 146 valence electrons. The maximum Gasteiger partial charge on any atom is 0.309 e. The number of esters is 1. The topological polar surface area (TPSA) is 72.8 Å². The molecule has 1 fully saturated rings. The fourth-order valence-electron chi connectivity index (χ4n) is 3.34. The van der Waals surface area contributed by atoms with Crippen LogP contribution in [0.15, 0.2) is 0 Å². The van der Waals surface area contributed by atoms with Crippen LogP contribution in [0.2, 0.25) is 0 Å². The summed E-state index contributed by atoms with van der Waals surface area (Å²) >= 11 is 0. The summed E-state index contributed by atoms with van der Waals surface area (Å²) in [5.41, 5.74) is 0. The molecular weight excluding hydrogens is 320 g/mol. The van der Waals surface area contributed by atoms with E-state index in [9.17, 15) is 9.59 Å². The number of carbonyl (C=O) groups excluding carboxylic acids is 1. The zero-order chi connectivity index (χ0) is 18.5. The van der Waals surface area contributed by atoms with Crippen LogP contribution in [0.1, 0.15) is 78.1 Å². The van der Waals surface area contributed by atoms with Gasteiger partial charge in [0.15, 0.2) is 0 Å². The number of carbonyl (C=O) groups is 2. The molecule has 0 saturated heterocycles. The lowest BCUT2D eigenvalue weighted by atomic mass is 9.81. The molecule has 1 saturated carbocycles. The van der Waals surface area contributed by atoms with E-state index < -0.39 is 11.9 Å². The molecule has 5 nitrogen and oxygen atoms in total. The fourth-order valence-corrected chi connectivity index (χ4v) is 3.34. The summed E-state index contributed by atoms with van der Waals surface area (Å²) in [7, 11) is 0. The molecule has 25 heavy (non-hydrogen) atoms. The van der Waals surface area contributed by atoms with Crippen LogP contribution in [0.3, 0.4) is 0 Å². The monoisotopic (exact) mass is 356 g/mol. The lowest BCUT2D eigenvalue weighted by molar-refractivity contribution is -0.153. The van der Waals surface area contributed by atoms with Gasteiger partial charge in [-0.2, -0.15) is 0 Å². The third kappa shape index (κ3) is 10.5. The summed E-state index contributed by atoms with van der Waals surface area (Å²) < 4.78 is 10.7. The number of carboxylic acid groups (broad SMARTS) is 1. The first-order chi connectivity index (χ1) is 12.0. The smallest absolute Gasteiger partial charge is 0.309 e. The van der Waals surface area contributed by atoms with E-state index in [1.807, 2.05) is 0 Å².